The van der Waals surface area contributed by atoms with Crippen molar-refractivity contribution < 1.29 is 0 Å². The van der Waals surface area contributed by atoms with Crippen LogP contribution < -0.4 is 11.1 Å². The molecular formula is C15H23N3. The van der Waals surface area contributed by atoms with Gasteiger partial charge in [0, 0.05) is 29.2 Å². The van der Waals surface area contributed by atoms with Gasteiger partial charge in [-0.3, -0.25) is 0 Å². The van der Waals surface area contributed by atoms with Crippen molar-refractivity contribution in [3.63, 3.8) is 0 Å². The molecule has 1 unspecified atom stereocenters. The molecule has 0 saturated carbocycles. The van der Waals surface area contributed by atoms with Crippen LogP contribution in [0.3, 0.4) is 0 Å². The van der Waals surface area contributed by atoms with Crippen molar-refractivity contribution in [2.45, 2.75) is 39.3 Å². The first-order valence-electron chi connectivity index (χ1n) is 6.71. The van der Waals surface area contributed by atoms with Crippen LogP contribution in [0, 0.1) is 6.92 Å². The number of nitrogens with two attached hydrogens (primary N) is 1. The Morgan fingerprint density at radius 2 is 2.11 bits per heavy atom. The maximum Gasteiger partial charge on any atom is 0.0459 e. The lowest BCUT2D eigenvalue weighted by Gasteiger charge is -2.07. The molecule has 0 fully saturated rings. The van der Waals surface area contributed by atoms with Crippen LogP contribution in [0.2, 0.25) is 0 Å². The zero-order valence-corrected chi connectivity index (χ0v) is 11.3. The zero-order chi connectivity index (χ0) is 13.0. The minimum atomic E-state index is 0.307. The van der Waals surface area contributed by atoms with Crippen molar-refractivity contribution >= 4 is 10.9 Å². The number of aromatic nitrogens is 1. The first-order valence-corrected chi connectivity index (χ1v) is 6.71. The fourth-order valence-corrected chi connectivity index (χ4v) is 2.32. The summed E-state index contributed by atoms with van der Waals surface area (Å²) < 4.78 is 0. The van der Waals surface area contributed by atoms with E-state index < -0.39 is 0 Å². The highest BCUT2D eigenvalue weighted by molar-refractivity contribution is 5.84. The third-order valence-corrected chi connectivity index (χ3v) is 3.34. The van der Waals surface area contributed by atoms with E-state index in [1.54, 1.807) is 0 Å². The molecule has 0 aliphatic carbocycles. The molecule has 0 radical (unpaired) electrons. The monoisotopic (exact) mass is 245 g/mol. The normalized spacial score (nSPS) is 13.1. The first kappa shape index (κ1) is 13.1. The lowest BCUT2D eigenvalue weighted by molar-refractivity contribution is 0.575. The second-order valence-corrected chi connectivity index (χ2v) is 5.07. The summed E-state index contributed by atoms with van der Waals surface area (Å²) in [5.74, 6) is 0. The number of H-pyrrole nitrogens is 1. The Balaban J connectivity index is 1.93. The van der Waals surface area contributed by atoms with Gasteiger partial charge in [-0.25, -0.2) is 0 Å². The number of fused-ring (bicyclic) bond motifs is 1. The van der Waals surface area contributed by atoms with E-state index in [1.165, 1.54) is 22.2 Å². The summed E-state index contributed by atoms with van der Waals surface area (Å²) in [6, 6.07) is 8.77. The Bertz CT molecular complexity index is 499. The second-order valence-electron chi connectivity index (χ2n) is 5.07. The summed E-state index contributed by atoms with van der Waals surface area (Å²) in [5.41, 5.74) is 9.60. The van der Waals surface area contributed by atoms with Crippen molar-refractivity contribution in [3.8, 4) is 0 Å². The van der Waals surface area contributed by atoms with E-state index in [2.05, 4.69) is 48.4 Å². The molecule has 3 heteroatoms. The molecule has 2 aromatic rings. The van der Waals surface area contributed by atoms with Gasteiger partial charge in [-0.05, 0) is 44.9 Å². The number of aromatic amines is 1. The van der Waals surface area contributed by atoms with Crippen LogP contribution in [0.1, 0.15) is 31.0 Å². The molecule has 3 nitrogen and oxygen atoms in total. The highest BCUT2D eigenvalue weighted by atomic mass is 14.9. The van der Waals surface area contributed by atoms with E-state index in [9.17, 15) is 0 Å². The van der Waals surface area contributed by atoms with Gasteiger partial charge < -0.3 is 16.0 Å². The smallest absolute Gasteiger partial charge is 0.0459 e. The number of hydrogen-bond acceptors (Lipinski definition) is 2. The van der Waals surface area contributed by atoms with Gasteiger partial charge >= 0.3 is 0 Å². The van der Waals surface area contributed by atoms with E-state index in [1.807, 2.05) is 0 Å². The van der Waals surface area contributed by atoms with E-state index in [4.69, 9.17) is 5.73 Å². The number of benzene rings is 1. The quantitative estimate of drug-likeness (QED) is 0.685. The van der Waals surface area contributed by atoms with Crippen LogP contribution in [0.4, 0.5) is 0 Å². The Morgan fingerprint density at radius 3 is 2.89 bits per heavy atom. The number of aryl methyl sites for hydroxylation is 1. The molecule has 4 N–H and O–H groups in total. The SMILES string of the molecule is Cc1[nH]c2ccccc2c1CNCCCC(C)N. The van der Waals surface area contributed by atoms with Crippen molar-refractivity contribution in [1.29, 1.82) is 0 Å². The molecule has 1 atom stereocenters. The Hall–Kier alpha value is -1.32. The predicted octanol–water partition coefficient (Wildman–Crippen LogP) is 2.69. The first-order chi connectivity index (χ1) is 8.68. The van der Waals surface area contributed by atoms with E-state index in [-0.39, 0.29) is 0 Å². The molecule has 0 amide bonds. The summed E-state index contributed by atoms with van der Waals surface area (Å²) in [4.78, 5) is 3.43. The van der Waals surface area contributed by atoms with Gasteiger partial charge in [-0.1, -0.05) is 18.2 Å². The maximum absolute atomic E-state index is 5.73. The van der Waals surface area contributed by atoms with Crippen molar-refractivity contribution in [3.05, 3.63) is 35.5 Å². The van der Waals surface area contributed by atoms with Gasteiger partial charge in [-0.2, -0.15) is 0 Å². The largest absolute Gasteiger partial charge is 0.358 e. The van der Waals surface area contributed by atoms with Crippen molar-refractivity contribution in [2.75, 3.05) is 6.54 Å². The number of nitrogens with one attached hydrogen (secondary N) is 2. The molecule has 1 heterocycles. The molecule has 0 saturated heterocycles. The predicted molar refractivity (Wildman–Crippen MR) is 77.6 cm³/mol. The zero-order valence-electron chi connectivity index (χ0n) is 11.3. The van der Waals surface area contributed by atoms with Gasteiger partial charge in [0.05, 0.1) is 0 Å². The highest BCUT2D eigenvalue weighted by Crippen LogP contribution is 2.21. The summed E-state index contributed by atoms with van der Waals surface area (Å²) in [7, 11) is 0. The Labute approximate surface area is 109 Å². The molecule has 1 aromatic carbocycles. The standard InChI is InChI=1S/C15H23N3/c1-11(16)6-5-9-17-10-14-12(2)18-15-8-4-3-7-13(14)15/h3-4,7-8,11,17-18H,5-6,9-10,16H2,1-2H3. The number of hydrogen-bond donors (Lipinski definition) is 3. The molecular weight excluding hydrogens is 222 g/mol. The summed E-state index contributed by atoms with van der Waals surface area (Å²) in [6.45, 7) is 6.15. The number of para-hydroxylation sites is 1. The summed E-state index contributed by atoms with van der Waals surface area (Å²) >= 11 is 0. The molecule has 18 heavy (non-hydrogen) atoms. The van der Waals surface area contributed by atoms with E-state index in [0.717, 1.165) is 25.9 Å². The molecule has 0 bridgehead atoms. The lowest BCUT2D eigenvalue weighted by atomic mass is 10.1. The van der Waals surface area contributed by atoms with E-state index in [0.29, 0.717) is 6.04 Å². The van der Waals surface area contributed by atoms with Crippen LogP contribution in [0.5, 0.6) is 0 Å². The highest BCUT2D eigenvalue weighted by Gasteiger charge is 2.06. The van der Waals surface area contributed by atoms with Crippen LogP contribution in [-0.4, -0.2) is 17.6 Å². The average molecular weight is 245 g/mol. The van der Waals surface area contributed by atoms with Crippen LogP contribution in [0.25, 0.3) is 10.9 Å². The summed E-state index contributed by atoms with van der Waals surface area (Å²) in [6.07, 6.45) is 2.22. The minimum absolute atomic E-state index is 0.307. The van der Waals surface area contributed by atoms with Crippen molar-refractivity contribution in [1.82, 2.24) is 10.3 Å². The lowest BCUT2D eigenvalue weighted by Crippen LogP contribution is -2.20. The summed E-state index contributed by atoms with van der Waals surface area (Å²) in [5, 5.41) is 4.83. The Kier molecular flexibility index (Phi) is 4.39. The molecule has 0 aliphatic heterocycles. The molecule has 98 valence electrons. The van der Waals surface area contributed by atoms with Gasteiger partial charge in [0.2, 0.25) is 0 Å². The average Bonchev–Trinajstić information content (AvgIpc) is 2.65. The van der Waals surface area contributed by atoms with Crippen LogP contribution in [0.15, 0.2) is 24.3 Å². The fraction of sp³-hybridized carbons (Fsp3) is 0.467. The fourth-order valence-electron chi connectivity index (χ4n) is 2.32. The van der Waals surface area contributed by atoms with Gasteiger partial charge in [0.15, 0.2) is 0 Å². The van der Waals surface area contributed by atoms with Crippen molar-refractivity contribution in [2.24, 2.45) is 5.73 Å². The topological polar surface area (TPSA) is 53.8 Å². The third kappa shape index (κ3) is 3.12. The molecule has 1 aromatic heterocycles. The van der Waals surface area contributed by atoms with Crippen LogP contribution in [-0.2, 0) is 6.54 Å². The molecule has 0 spiro atoms. The van der Waals surface area contributed by atoms with Gasteiger partial charge in [-0.15, -0.1) is 0 Å². The van der Waals surface area contributed by atoms with Gasteiger partial charge in [0.25, 0.3) is 0 Å². The minimum Gasteiger partial charge on any atom is -0.358 e. The molecule has 2 rings (SSSR count). The van der Waals surface area contributed by atoms with E-state index >= 15 is 0 Å². The molecule has 0 aliphatic rings. The Morgan fingerprint density at radius 1 is 1.33 bits per heavy atom. The number of rotatable bonds is 6. The third-order valence-electron chi connectivity index (χ3n) is 3.34. The second kappa shape index (κ2) is 6.03. The maximum atomic E-state index is 5.73. The van der Waals surface area contributed by atoms with Gasteiger partial charge in [0.1, 0.15) is 0 Å². The van der Waals surface area contributed by atoms with Crippen LogP contribution >= 0.6 is 0 Å².